The molecule has 1 amide bonds. The molecule has 1 atom stereocenters. The van der Waals surface area contributed by atoms with E-state index in [1.54, 1.807) is 30.3 Å². The Bertz CT molecular complexity index is 1160. The predicted octanol–water partition coefficient (Wildman–Crippen LogP) is 4.37. The topological polar surface area (TPSA) is 75.3 Å². The number of nitrogens with one attached hydrogen (secondary N) is 2. The lowest BCUT2D eigenvalue weighted by atomic mass is 10.1. The smallest absolute Gasteiger partial charge is 0.325 e. The van der Waals surface area contributed by atoms with Crippen LogP contribution < -0.4 is 10.0 Å². The van der Waals surface area contributed by atoms with Gasteiger partial charge in [0, 0.05) is 5.69 Å². The van der Waals surface area contributed by atoms with Crippen LogP contribution in [-0.2, 0) is 27.4 Å². The molecule has 0 unspecified atom stereocenters. The van der Waals surface area contributed by atoms with E-state index in [1.165, 1.54) is 0 Å². The average Bonchev–Trinajstić information content (AvgIpc) is 2.74. The molecule has 5 nitrogen and oxygen atoms in total. The van der Waals surface area contributed by atoms with Gasteiger partial charge in [-0.1, -0.05) is 30.3 Å². The van der Waals surface area contributed by atoms with E-state index in [1.807, 2.05) is 0 Å². The van der Waals surface area contributed by atoms with E-state index in [4.69, 9.17) is 0 Å². The molecule has 32 heavy (non-hydrogen) atoms. The van der Waals surface area contributed by atoms with Crippen LogP contribution in [0.15, 0.2) is 83.8 Å². The van der Waals surface area contributed by atoms with E-state index in [0.29, 0.717) is 5.56 Å². The maximum atomic E-state index is 13.1. The van der Waals surface area contributed by atoms with Crippen molar-refractivity contribution >= 4 is 21.6 Å². The van der Waals surface area contributed by atoms with Crippen LogP contribution in [0.4, 0.5) is 23.2 Å². The highest BCUT2D eigenvalue weighted by Crippen LogP contribution is 2.29. The van der Waals surface area contributed by atoms with Gasteiger partial charge in [-0.15, -0.1) is 0 Å². The first kappa shape index (κ1) is 23.4. The summed E-state index contributed by atoms with van der Waals surface area (Å²) < 4.78 is 79.1. The Labute approximate surface area is 182 Å². The van der Waals surface area contributed by atoms with Crippen molar-refractivity contribution < 1.29 is 30.8 Å². The minimum atomic E-state index is -4.52. The van der Waals surface area contributed by atoms with Crippen molar-refractivity contribution in [1.82, 2.24) is 4.72 Å². The number of anilines is 1. The van der Waals surface area contributed by atoms with Crippen LogP contribution in [-0.4, -0.2) is 20.4 Å². The fraction of sp³-hybridized carbons (Fsp3) is 0.136. The molecule has 0 aliphatic heterocycles. The van der Waals surface area contributed by atoms with Crippen molar-refractivity contribution in [1.29, 1.82) is 0 Å². The standard InChI is InChI=1S/C22H18F4N2O3S/c23-17-8-12-19(13-9-17)32(30,31)28-20(14-15-4-2-1-3-5-15)21(29)27-18-10-6-16(7-11-18)22(24,25)26/h1-13,20,28H,14H2,(H,27,29)/t20-/m0/s1. The van der Waals surface area contributed by atoms with Gasteiger partial charge in [0.1, 0.15) is 11.9 Å². The number of rotatable bonds is 7. The van der Waals surface area contributed by atoms with Gasteiger partial charge in [0.15, 0.2) is 0 Å². The second-order valence-corrected chi connectivity index (χ2v) is 8.60. The van der Waals surface area contributed by atoms with Gasteiger partial charge in [0.25, 0.3) is 0 Å². The first-order valence-corrected chi connectivity index (χ1v) is 10.8. The number of halogens is 4. The zero-order chi connectivity index (χ0) is 23.4. The van der Waals surface area contributed by atoms with E-state index in [9.17, 15) is 30.8 Å². The molecule has 2 N–H and O–H groups in total. The molecule has 10 heteroatoms. The van der Waals surface area contributed by atoms with Gasteiger partial charge in [0.2, 0.25) is 15.9 Å². The molecule has 0 saturated carbocycles. The lowest BCUT2D eigenvalue weighted by molar-refractivity contribution is -0.137. The fourth-order valence-corrected chi connectivity index (χ4v) is 4.07. The van der Waals surface area contributed by atoms with Crippen LogP contribution in [0.1, 0.15) is 11.1 Å². The van der Waals surface area contributed by atoms with Crippen LogP contribution in [0.5, 0.6) is 0 Å². The summed E-state index contributed by atoms with van der Waals surface area (Å²) in [6.45, 7) is 0. The number of carbonyl (C=O) groups is 1. The Kier molecular flexibility index (Phi) is 6.95. The molecule has 0 aromatic heterocycles. The number of alkyl halides is 3. The first-order valence-electron chi connectivity index (χ1n) is 9.34. The molecule has 3 aromatic rings. The van der Waals surface area contributed by atoms with E-state index < -0.39 is 39.5 Å². The maximum Gasteiger partial charge on any atom is 0.416 e. The molecule has 168 valence electrons. The van der Waals surface area contributed by atoms with Crippen LogP contribution in [0, 0.1) is 5.82 Å². The van der Waals surface area contributed by atoms with Gasteiger partial charge in [-0.3, -0.25) is 4.79 Å². The highest BCUT2D eigenvalue weighted by Gasteiger charge is 2.30. The minimum Gasteiger partial charge on any atom is -0.325 e. The Balaban J connectivity index is 1.83. The second-order valence-electron chi connectivity index (χ2n) is 6.88. The van der Waals surface area contributed by atoms with Crippen molar-refractivity contribution in [3.63, 3.8) is 0 Å². The van der Waals surface area contributed by atoms with Crippen LogP contribution >= 0.6 is 0 Å². The lowest BCUT2D eigenvalue weighted by Gasteiger charge is -2.19. The van der Waals surface area contributed by atoms with E-state index >= 15 is 0 Å². The summed E-state index contributed by atoms with van der Waals surface area (Å²) in [6, 6.07) is 15.2. The van der Waals surface area contributed by atoms with Gasteiger partial charge < -0.3 is 5.32 Å². The second kappa shape index (κ2) is 9.49. The molecule has 3 rings (SSSR count). The minimum absolute atomic E-state index is 0.0201. The van der Waals surface area contributed by atoms with Crippen LogP contribution in [0.25, 0.3) is 0 Å². The van der Waals surface area contributed by atoms with Gasteiger partial charge in [-0.05, 0) is 60.5 Å². The Morgan fingerprint density at radius 3 is 2.03 bits per heavy atom. The lowest BCUT2D eigenvalue weighted by Crippen LogP contribution is -2.45. The average molecular weight is 466 g/mol. The van der Waals surface area contributed by atoms with Crippen LogP contribution in [0.2, 0.25) is 0 Å². The number of carbonyl (C=O) groups excluding carboxylic acids is 1. The monoisotopic (exact) mass is 466 g/mol. The maximum absolute atomic E-state index is 13.1. The van der Waals surface area contributed by atoms with E-state index in [2.05, 4.69) is 10.0 Å². The summed E-state index contributed by atoms with van der Waals surface area (Å²) in [4.78, 5) is 12.6. The zero-order valence-corrected chi connectivity index (χ0v) is 17.3. The van der Waals surface area contributed by atoms with E-state index in [-0.39, 0.29) is 17.0 Å². The highest BCUT2D eigenvalue weighted by molar-refractivity contribution is 7.89. The summed E-state index contributed by atoms with van der Waals surface area (Å²) in [6.07, 6.45) is -4.54. The number of hydrogen-bond donors (Lipinski definition) is 2. The summed E-state index contributed by atoms with van der Waals surface area (Å²) in [5, 5.41) is 2.43. The highest BCUT2D eigenvalue weighted by atomic mass is 32.2. The fourth-order valence-electron chi connectivity index (χ4n) is 2.88. The van der Waals surface area contributed by atoms with Crippen molar-refractivity contribution in [3.05, 3.63) is 95.8 Å². The summed E-state index contributed by atoms with van der Waals surface area (Å²) in [5.41, 5.74) is -0.155. The molecule has 0 aliphatic rings. The molecular weight excluding hydrogens is 448 g/mol. The molecule has 3 aromatic carbocycles. The summed E-state index contributed by atoms with van der Waals surface area (Å²) in [7, 11) is -4.19. The van der Waals surface area contributed by atoms with Gasteiger partial charge in [0.05, 0.1) is 10.5 Å². The summed E-state index contributed by atoms with van der Waals surface area (Å²) in [5.74, 6) is -1.39. The van der Waals surface area contributed by atoms with Gasteiger partial charge in [-0.2, -0.15) is 17.9 Å². The largest absolute Gasteiger partial charge is 0.416 e. The van der Waals surface area contributed by atoms with Gasteiger partial charge in [-0.25, -0.2) is 12.8 Å². The molecule has 0 fully saturated rings. The number of sulfonamides is 1. The predicted molar refractivity (Wildman–Crippen MR) is 111 cm³/mol. The molecule has 0 spiro atoms. The van der Waals surface area contributed by atoms with Crippen molar-refractivity contribution in [2.45, 2.75) is 23.5 Å². The number of amides is 1. The normalized spacial score (nSPS) is 12.9. The molecule has 0 heterocycles. The number of hydrogen-bond acceptors (Lipinski definition) is 3. The third-order valence-electron chi connectivity index (χ3n) is 4.50. The molecule has 0 bridgehead atoms. The molecule has 0 saturated heterocycles. The Morgan fingerprint density at radius 2 is 1.47 bits per heavy atom. The zero-order valence-electron chi connectivity index (χ0n) is 16.4. The van der Waals surface area contributed by atoms with Crippen LogP contribution in [0.3, 0.4) is 0 Å². The quantitative estimate of drug-likeness (QED) is 0.508. The SMILES string of the molecule is O=C(Nc1ccc(C(F)(F)F)cc1)[C@H](Cc1ccccc1)NS(=O)(=O)c1ccc(F)cc1. The number of benzene rings is 3. The van der Waals surface area contributed by atoms with Crippen molar-refractivity contribution in [3.8, 4) is 0 Å². The molecular formula is C22H18F4N2O3S. The first-order chi connectivity index (χ1) is 15.0. The van der Waals surface area contributed by atoms with Crippen molar-refractivity contribution in [2.24, 2.45) is 0 Å². The van der Waals surface area contributed by atoms with Crippen molar-refractivity contribution in [2.75, 3.05) is 5.32 Å². The Hall–Kier alpha value is -3.24. The third kappa shape index (κ3) is 6.14. The summed E-state index contributed by atoms with van der Waals surface area (Å²) >= 11 is 0. The Morgan fingerprint density at radius 1 is 0.875 bits per heavy atom. The van der Waals surface area contributed by atoms with Gasteiger partial charge >= 0.3 is 6.18 Å². The molecule has 0 radical (unpaired) electrons. The third-order valence-corrected chi connectivity index (χ3v) is 5.99. The van der Waals surface area contributed by atoms with E-state index in [0.717, 1.165) is 48.5 Å². The molecule has 0 aliphatic carbocycles.